The lowest BCUT2D eigenvalue weighted by Gasteiger charge is -2.09. The summed E-state index contributed by atoms with van der Waals surface area (Å²) in [5.41, 5.74) is 9.12. The highest BCUT2D eigenvalue weighted by Gasteiger charge is 2.05. The Morgan fingerprint density at radius 1 is 1.04 bits per heavy atom. The van der Waals surface area contributed by atoms with E-state index in [0.29, 0.717) is 5.56 Å². The number of nitrogens with one attached hydrogen (secondary N) is 1. The first-order valence-corrected chi connectivity index (χ1v) is 7.74. The number of pyridine rings is 1. The van der Waals surface area contributed by atoms with Crippen LogP contribution in [0.2, 0.25) is 0 Å². The maximum Gasteiger partial charge on any atom is 0.147 e. The Morgan fingerprint density at radius 2 is 1.79 bits per heavy atom. The summed E-state index contributed by atoms with van der Waals surface area (Å²) in [6.45, 7) is 6.25. The third-order valence-corrected chi connectivity index (χ3v) is 3.89. The highest BCUT2D eigenvalue weighted by Crippen LogP contribution is 2.24. The number of hydrazone groups is 1. The molecule has 3 rings (SSSR count). The molecule has 24 heavy (non-hydrogen) atoms. The first kappa shape index (κ1) is 15.7. The lowest BCUT2D eigenvalue weighted by molar-refractivity contribution is 1.24. The molecular formula is C20H18N4. The zero-order valence-electron chi connectivity index (χ0n) is 14.0. The van der Waals surface area contributed by atoms with Gasteiger partial charge in [0.1, 0.15) is 5.82 Å². The maximum absolute atomic E-state index is 8.80. The number of nitrogens with zero attached hydrogens (tertiary/aromatic N) is 3. The maximum atomic E-state index is 8.80. The second-order valence-electron chi connectivity index (χ2n) is 5.91. The first-order valence-electron chi connectivity index (χ1n) is 7.74. The molecule has 0 aliphatic rings. The Bertz CT molecular complexity index is 964. The number of fused-ring (bicyclic) bond motifs is 1. The molecule has 0 unspecified atom stereocenters. The molecule has 118 valence electrons. The van der Waals surface area contributed by atoms with Gasteiger partial charge in [0.25, 0.3) is 0 Å². The van der Waals surface area contributed by atoms with Crippen molar-refractivity contribution in [3.8, 4) is 6.07 Å². The molecule has 1 N–H and O–H groups in total. The van der Waals surface area contributed by atoms with Gasteiger partial charge in [-0.25, -0.2) is 4.98 Å². The van der Waals surface area contributed by atoms with Gasteiger partial charge in [0, 0.05) is 5.39 Å². The zero-order chi connectivity index (χ0) is 17.1. The lowest BCUT2D eigenvalue weighted by Crippen LogP contribution is -1.97. The summed E-state index contributed by atoms with van der Waals surface area (Å²) < 4.78 is 0. The Kier molecular flexibility index (Phi) is 4.26. The summed E-state index contributed by atoms with van der Waals surface area (Å²) in [5.74, 6) is 0.719. The summed E-state index contributed by atoms with van der Waals surface area (Å²) in [6.07, 6.45) is 1.71. The molecule has 0 atom stereocenters. The standard InChI is InChI=1S/C20H18N4/c1-13-8-15(3)20-18(9-13)14(2)10-19(23-20)24-22-12-17-6-4-16(11-21)5-7-17/h4-10,12H,1-3H3,(H,23,24). The Labute approximate surface area is 141 Å². The zero-order valence-corrected chi connectivity index (χ0v) is 14.0. The average molecular weight is 314 g/mol. The molecule has 4 nitrogen and oxygen atoms in total. The predicted molar refractivity (Wildman–Crippen MR) is 98.3 cm³/mol. The van der Waals surface area contributed by atoms with Crippen LogP contribution in [0.1, 0.15) is 27.8 Å². The Morgan fingerprint density at radius 3 is 2.50 bits per heavy atom. The summed E-state index contributed by atoms with van der Waals surface area (Å²) in [6, 6.07) is 15.6. The van der Waals surface area contributed by atoms with Crippen molar-refractivity contribution in [1.82, 2.24) is 4.98 Å². The highest BCUT2D eigenvalue weighted by atomic mass is 15.3. The second-order valence-corrected chi connectivity index (χ2v) is 5.91. The topological polar surface area (TPSA) is 61.1 Å². The number of anilines is 1. The van der Waals surface area contributed by atoms with E-state index in [1.54, 1.807) is 18.3 Å². The van der Waals surface area contributed by atoms with Gasteiger partial charge in [0.15, 0.2) is 0 Å². The van der Waals surface area contributed by atoms with E-state index in [4.69, 9.17) is 5.26 Å². The fraction of sp³-hybridized carbons (Fsp3) is 0.150. The molecule has 0 saturated heterocycles. The van der Waals surface area contributed by atoms with Crippen LogP contribution in [-0.4, -0.2) is 11.2 Å². The second kappa shape index (κ2) is 6.51. The molecule has 0 fully saturated rings. The van der Waals surface area contributed by atoms with Crippen molar-refractivity contribution < 1.29 is 0 Å². The number of benzene rings is 2. The van der Waals surface area contributed by atoms with Gasteiger partial charge in [-0.15, -0.1) is 0 Å². The van der Waals surface area contributed by atoms with Gasteiger partial charge >= 0.3 is 0 Å². The van der Waals surface area contributed by atoms with E-state index in [2.05, 4.69) is 54.5 Å². The summed E-state index contributed by atoms with van der Waals surface area (Å²) >= 11 is 0. The minimum Gasteiger partial charge on any atom is -0.261 e. The monoisotopic (exact) mass is 314 g/mol. The van der Waals surface area contributed by atoms with Crippen LogP contribution in [0, 0.1) is 32.1 Å². The molecule has 3 aromatic rings. The van der Waals surface area contributed by atoms with Gasteiger partial charge in [0.2, 0.25) is 0 Å². The van der Waals surface area contributed by atoms with Crippen LogP contribution >= 0.6 is 0 Å². The number of rotatable bonds is 3. The van der Waals surface area contributed by atoms with Gasteiger partial charge in [0.05, 0.1) is 23.4 Å². The van der Waals surface area contributed by atoms with Crippen molar-refractivity contribution in [3.63, 3.8) is 0 Å². The number of hydrogen-bond acceptors (Lipinski definition) is 4. The van der Waals surface area contributed by atoms with E-state index in [1.807, 2.05) is 18.2 Å². The van der Waals surface area contributed by atoms with Crippen LogP contribution in [0.5, 0.6) is 0 Å². The minimum absolute atomic E-state index is 0.637. The van der Waals surface area contributed by atoms with Gasteiger partial charge in [-0.05, 0) is 61.7 Å². The van der Waals surface area contributed by atoms with Gasteiger partial charge in [-0.1, -0.05) is 23.8 Å². The number of aromatic nitrogens is 1. The normalized spacial score (nSPS) is 10.9. The molecule has 0 amide bonds. The predicted octanol–water partition coefficient (Wildman–Crippen LogP) is 4.48. The third-order valence-electron chi connectivity index (χ3n) is 3.89. The van der Waals surface area contributed by atoms with Crippen molar-refractivity contribution in [3.05, 3.63) is 70.3 Å². The van der Waals surface area contributed by atoms with Crippen molar-refractivity contribution in [2.75, 3.05) is 5.43 Å². The third kappa shape index (κ3) is 3.26. The quantitative estimate of drug-likeness (QED) is 0.573. The minimum atomic E-state index is 0.637. The van der Waals surface area contributed by atoms with Crippen LogP contribution in [-0.2, 0) is 0 Å². The fourth-order valence-corrected chi connectivity index (χ4v) is 2.72. The molecule has 1 heterocycles. The number of aryl methyl sites for hydroxylation is 3. The molecule has 4 heteroatoms. The van der Waals surface area contributed by atoms with Crippen molar-refractivity contribution >= 4 is 22.9 Å². The van der Waals surface area contributed by atoms with Crippen LogP contribution in [0.3, 0.4) is 0 Å². The lowest BCUT2D eigenvalue weighted by atomic mass is 10.0. The number of hydrogen-bond donors (Lipinski definition) is 1. The Balaban J connectivity index is 1.85. The summed E-state index contributed by atoms with van der Waals surface area (Å²) in [5, 5.41) is 14.2. The largest absolute Gasteiger partial charge is 0.261 e. The van der Waals surface area contributed by atoms with Crippen molar-refractivity contribution in [2.45, 2.75) is 20.8 Å². The van der Waals surface area contributed by atoms with Crippen molar-refractivity contribution in [1.29, 1.82) is 5.26 Å². The molecule has 2 aromatic carbocycles. The van der Waals surface area contributed by atoms with E-state index in [-0.39, 0.29) is 0 Å². The average Bonchev–Trinajstić information content (AvgIpc) is 2.57. The van der Waals surface area contributed by atoms with E-state index < -0.39 is 0 Å². The van der Waals surface area contributed by atoms with E-state index in [0.717, 1.165) is 22.5 Å². The van der Waals surface area contributed by atoms with E-state index >= 15 is 0 Å². The van der Waals surface area contributed by atoms with Crippen LogP contribution < -0.4 is 5.43 Å². The fourth-order valence-electron chi connectivity index (χ4n) is 2.72. The van der Waals surface area contributed by atoms with E-state index in [1.165, 1.54) is 16.5 Å². The highest BCUT2D eigenvalue weighted by molar-refractivity contribution is 5.87. The molecule has 0 aliphatic heterocycles. The van der Waals surface area contributed by atoms with Crippen LogP contribution in [0.4, 0.5) is 5.82 Å². The summed E-state index contributed by atoms with van der Waals surface area (Å²) in [4.78, 5) is 4.67. The van der Waals surface area contributed by atoms with Crippen LogP contribution in [0.15, 0.2) is 47.6 Å². The molecule has 0 bridgehead atoms. The van der Waals surface area contributed by atoms with Gasteiger partial charge in [-0.3, -0.25) is 5.43 Å². The molecule has 0 aliphatic carbocycles. The first-order chi connectivity index (χ1) is 11.6. The van der Waals surface area contributed by atoms with Gasteiger partial charge in [-0.2, -0.15) is 10.4 Å². The molecule has 0 spiro atoms. The number of nitriles is 1. The smallest absolute Gasteiger partial charge is 0.147 e. The van der Waals surface area contributed by atoms with Gasteiger partial charge < -0.3 is 0 Å². The van der Waals surface area contributed by atoms with Crippen LogP contribution in [0.25, 0.3) is 10.9 Å². The molecular weight excluding hydrogens is 296 g/mol. The molecule has 0 saturated carbocycles. The van der Waals surface area contributed by atoms with Crippen molar-refractivity contribution in [2.24, 2.45) is 5.10 Å². The van der Waals surface area contributed by atoms with E-state index in [9.17, 15) is 0 Å². The SMILES string of the molecule is Cc1cc(C)c2nc(NN=Cc3ccc(C#N)cc3)cc(C)c2c1. The molecule has 1 aromatic heterocycles. The summed E-state index contributed by atoms with van der Waals surface area (Å²) in [7, 11) is 0. The molecule has 0 radical (unpaired) electrons. The Hall–Kier alpha value is -3.19.